The quantitative estimate of drug-likeness (QED) is 0.703. The van der Waals surface area contributed by atoms with Crippen molar-refractivity contribution in [3.8, 4) is 0 Å². The molecule has 14 heavy (non-hydrogen) atoms. The molecule has 0 amide bonds. The van der Waals surface area contributed by atoms with Crippen LogP contribution < -0.4 is 5.73 Å². The predicted octanol–water partition coefficient (Wildman–Crippen LogP) is 2.19. The number of hydrogen-bond donors (Lipinski definition) is 1. The Hall–Kier alpha value is -0.860. The van der Waals surface area contributed by atoms with Gasteiger partial charge in [0.25, 0.3) is 0 Å². The van der Waals surface area contributed by atoms with E-state index in [0.717, 1.165) is 19.6 Å². The van der Waals surface area contributed by atoms with E-state index >= 15 is 0 Å². The second-order valence-corrected chi connectivity index (χ2v) is 3.67. The van der Waals surface area contributed by atoms with E-state index in [9.17, 15) is 0 Å². The van der Waals surface area contributed by atoms with Gasteiger partial charge in [-0.3, -0.25) is 0 Å². The lowest BCUT2D eigenvalue weighted by Crippen LogP contribution is -2.12. The summed E-state index contributed by atoms with van der Waals surface area (Å²) in [7, 11) is 0. The first-order chi connectivity index (χ1) is 6.83. The first kappa shape index (κ1) is 11.2. The molecule has 1 rings (SSSR count). The van der Waals surface area contributed by atoms with E-state index in [1.165, 1.54) is 5.56 Å². The van der Waals surface area contributed by atoms with Gasteiger partial charge in [0, 0.05) is 6.61 Å². The third-order valence-electron chi connectivity index (χ3n) is 2.27. The Kier molecular flexibility index (Phi) is 5.27. The molecule has 0 saturated heterocycles. The van der Waals surface area contributed by atoms with Gasteiger partial charge in [-0.25, -0.2) is 0 Å². The molecule has 78 valence electrons. The normalized spacial score (nSPS) is 12.7. The van der Waals surface area contributed by atoms with Gasteiger partial charge in [-0.2, -0.15) is 0 Å². The van der Waals surface area contributed by atoms with Crippen molar-refractivity contribution < 1.29 is 4.74 Å². The zero-order valence-electron chi connectivity index (χ0n) is 8.78. The standard InChI is InChI=1S/C12H19NO/c1-11(9-13)7-8-14-10-12-5-3-2-4-6-12/h2-6,11H,7-10,13H2,1H3/t11-/m0/s1. The molecule has 0 aromatic heterocycles. The number of hydrogen-bond acceptors (Lipinski definition) is 2. The number of nitrogens with two attached hydrogens (primary N) is 1. The van der Waals surface area contributed by atoms with Crippen LogP contribution in [0.15, 0.2) is 30.3 Å². The highest BCUT2D eigenvalue weighted by molar-refractivity contribution is 5.13. The Morgan fingerprint density at radius 2 is 2.00 bits per heavy atom. The Labute approximate surface area is 86.1 Å². The van der Waals surface area contributed by atoms with Crippen LogP contribution in [0.4, 0.5) is 0 Å². The molecule has 2 heteroatoms. The highest BCUT2D eigenvalue weighted by atomic mass is 16.5. The summed E-state index contributed by atoms with van der Waals surface area (Å²) in [6.45, 7) is 4.39. The van der Waals surface area contributed by atoms with E-state index in [-0.39, 0.29) is 0 Å². The van der Waals surface area contributed by atoms with E-state index in [0.29, 0.717) is 12.5 Å². The molecular weight excluding hydrogens is 174 g/mol. The summed E-state index contributed by atoms with van der Waals surface area (Å²) in [5.41, 5.74) is 6.74. The lowest BCUT2D eigenvalue weighted by Gasteiger charge is -2.08. The molecule has 0 saturated carbocycles. The monoisotopic (exact) mass is 193 g/mol. The molecule has 0 unspecified atom stereocenters. The molecule has 1 aromatic rings. The first-order valence-corrected chi connectivity index (χ1v) is 5.14. The minimum atomic E-state index is 0.561. The van der Waals surface area contributed by atoms with Crippen molar-refractivity contribution in [3.63, 3.8) is 0 Å². The van der Waals surface area contributed by atoms with E-state index in [1.54, 1.807) is 0 Å². The fourth-order valence-corrected chi connectivity index (χ4v) is 1.17. The number of rotatable bonds is 6. The van der Waals surface area contributed by atoms with Gasteiger partial charge in [-0.05, 0) is 24.4 Å². The molecule has 0 bridgehead atoms. The van der Waals surface area contributed by atoms with Gasteiger partial charge < -0.3 is 10.5 Å². The highest BCUT2D eigenvalue weighted by Crippen LogP contribution is 2.03. The number of benzene rings is 1. The van der Waals surface area contributed by atoms with Crippen molar-refractivity contribution in [2.24, 2.45) is 11.7 Å². The second-order valence-electron chi connectivity index (χ2n) is 3.67. The molecule has 0 aliphatic carbocycles. The van der Waals surface area contributed by atoms with Crippen molar-refractivity contribution in [3.05, 3.63) is 35.9 Å². The Morgan fingerprint density at radius 3 is 2.64 bits per heavy atom. The van der Waals surface area contributed by atoms with Crippen LogP contribution in [0.3, 0.4) is 0 Å². The Balaban J connectivity index is 2.10. The largest absolute Gasteiger partial charge is 0.377 e. The second kappa shape index (κ2) is 6.57. The van der Waals surface area contributed by atoms with Crippen LogP contribution in [0.1, 0.15) is 18.9 Å². The average molecular weight is 193 g/mol. The van der Waals surface area contributed by atoms with Crippen LogP contribution in [-0.4, -0.2) is 13.2 Å². The maximum atomic E-state index is 5.54. The summed E-state index contributed by atoms with van der Waals surface area (Å²) < 4.78 is 5.54. The van der Waals surface area contributed by atoms with Gasteiger partial charge in [0.05, 0.1) is 6.61 Å². The SMILES string of the molecule is C[C@H](CN)CCOCc1ccccc1. The third kappa shape index (κ3) is 4.40. The minimum Gasteiger partial charge on any atom is -0.377 e. The van der Waals surface area contributed by atoms with Gasteiger partial charge in [0.15, 0.2) is 0 Å². The molecule has 0 aliphatic heterocycles. The molecule has 0 fully saturated rings. The molecule has 1 atom stereocenters. The van der Waals surface area contributed by atoms with Crippen LogP contribution in [0, 0.1) is 5.92 Å². The summed E-state index contributed by atoms with van der Waals surface area (Å²) in [5, 5.41) is 0. The molecular formula is C12H19NO. The van der Waals surface area contributed by atoms with Crippen LogP contribution in [0.2, 0.25) is 0 Å². The van der Waals surface area contributed by atoms with Crippen LogP contribution in [0.25, 0.3) is 0 Å². The van der Waals surface area contributed by atoms with E-state index in [1.807, 2.05) is 18.2 Å². The van der Waals surface area contributed by atoms with Crippen molar-refractivity contribution in [1.29, 1.82) is 0 Å². The molecule has 2 nitrogen and oxygen atoms in total. The van der Waals surface area contributed by atoms with Crippen molar-refractivity contribution in [2.75, 3.05) is 13.2 Å². The zero-order valence-corrected chi connectivity index (χ0v) is 8.78. The summed E-state index contributed by atoms with van der Waals surface area (Å²) in [6, 6.07) is 10.2. The summed E-state index contributed by atoms with van der Waals surface area (Å²) >= 11 is 0. The molecule has 1 aromatic carbocycles. The minimum absolute atomic E-state index is 0.561. The van der Waals surface area contributed by atoms with Crippen molar-refractivity contribution >= 4 is 0 Å². The van der Waals surface area contributed by atoms with E-state index in [4.69, 9.17) is 10.5 Å². The maximum Gasteiger partial charge on any atom is 0.0716 e. The van der Waals surface area contributed by atoms with Gasteiger partial charge >= 0.3 is 0 Å². The fraction of sp³-hybridized carbons (Fsp3) is 0.500. The number of ether oxygens (including phenoxy) is 1. The van der Waals surface area contributed by atoms with Crippen LogP contribution in [0.5, 0.6) is 0 Å². The van der Waals surface area contributed by atoms with Crippen molar-refractivity contribution in [1.82, 2.24) is 0 Å². The highest BCUT2D eigenvalue weighted by Gasteiger charge is 1.98. The van der Waals surface area contributed by atoms with Crippen LogP contribution >= 0.6 is 0 Å². The van der Waals surface area contributed by atoms with E-state index in [2.05, 4.69) is 19.1 Å². The van der Waals surface area contributed by atoms with Gasteiger partial charge in [0.2, 0.25) is 0 Å². The molecule has 0 spiro atoms. The topological polar surface area (TPSA) is 35.2 Å². The predicted molar refractivity (Wildman–Crippen MR) is 58.9 cm³/mol. The lowest BCUT2D eigenvalue weighted by atomic mass is 10.1. The zero-order chi connectivity index (χ0) is 10.2. The average Bonchev–Trinajstić information content (AvgIpc) is 2.25. The summed E-state index contributed by atoms with van der Waals surface area (Å²) in [4.78, 5) is 0. The smallest absolute Gasteiger partial charge is 0.0716 e. The fourth-order valence-electron chi connectivity index (χ4n) is 1.17. The lowest BCUT2D eigenvalue weighted by molar-refractivity contribution is 0.110. The van der Waals surface area contributed by atoms with Crippen LogP contribution in [-0.2, 0) is 11.3 Å². The van der Waals surface area contributed by atoms with Gasteiger partial charge in [-0.15, -0.1) is 0 Å². The van der Waals surface area contributed by atoms with Crippen molar-refractivity contribution in [2.45, 2.75) is 20.0 Å². The van der Waals surface area contributed by atoms with E-state index < -0.39 is 0 Å². The molecule has 0 radical (unpaired) electrons. The Morgan fingerprint density at radius 1 is 1.29 bits per heavy atom. The summed E-state index contributed by atoms with van der Waals surface area (Å²) in [6.07, 6.45) is 1.04. The third-order valence-corrected chi connectivity index (χ3v) is 2.27. The van der Waals surface area contributed by atoms with Gasteiger partial charge in [0.1, 0.15) is 0 Å². The van der Waals surface area contributed by atoms with Gasteiger partial charge in [-0.1, -0.05) is 37.3 Å². The Bertz CT molecular complexity index is 235. The first-order valence-electron chi connectivity index (χ1n) is 5.14. The molecule has 2 N–H and O–H groups in total. The molecule has 0 heterocycles. The summed E-state index contributed by atoms with van der Waals surface area (Å²) in [5.74, 6) is 0.561. The molecule has 0 aliphatic rings. The maximum absolute atomic E-state index is 5.54.